The molecule has 7 heteroatoms. The normalized spacial score (nSPS) is 18.2. The SMILES string of the molecule is Cc1c(CNC(=O)CC2CNCCO2)cccc1[N+](=O)[O-]. The van der Waals surface area contributed by atoms with Crippen LogP contribution in [0.5, 0.6) is 0 Å². The molecule has 0 spiro atoms. The molecular formula is C14H19N3O4. The van der Waals surface area contributed by atoms with Crippen molar-refractivity contribution < 1.29 is 14.5 Å². The average molecular weight is 293 g/mol. The minimum absolute atomic E-state index is 0.0709. The third-order valence-corrected chi connectivity index (χ3v) is 3.51. The first kappa shape index (κ1) is 15.4. The van der Waals surface area contributed by atoms with E-state index in [1.165, 1.54) is 6.07 Å². The number of nitro benzene ring substituents is 1. The number of carbonyl (C=O) groups is 1. The third kappa shape index (κ3) is 4.24. The summed E-state index contributed by atoms with van der Waals surface area (Å²) in [4.78, 5) is 22.3. The van der Waals surface area contributed by atoms with E-state index >= 15 is 0 Å². The summed E-state index contributed by atoms with van der Waals surface area (Å²) >= 11 is 0. The Labute approximate surface area is 122 Å². The molecule has 2 rings (SSSR count). The zero-order valence-electron chi connectivity index (χ0n) is 11.9. The summed E-state index contributed by atoms with van der Waals surface area (Å²) in [6, 6.07) is 4.87. The number of morpholine rings is 1. The highest BCUT2D eigenvalue weighted by Crippen LogP contribution is 2.20. The zero-order valence-corrected chi connectivity index (χ0v) is 11.9. The second kappa shape index (κ2) is 7.14. The first-order chi connectivity index (χ1) is 10.1. The lowest BCUT2D eigenvalue weighted by atomic mass is 10.1. The van der Waals surface area contributed by atoms with Crippen molar-refractivity contribution in [2.45, 2.75) is 26.0 Å². The molecule has 1 fully saturated rings. The highest BCUT2D eigenvalue weighted by Gasteiger charge is 2.18. The lowest BCUT2D eigenvalue weighted by molar-refractivity contribution is -0.385. The second-order valence-electron chi connectivity index (χ2n) is 5.00. The molecule has 1 atom stereocenters. The van der Waals surface area contributed by atoms with Crippen molar-refractivity contribution in [1.82, 2.24) is 10.6 Å². The van der Waals surface area contributed by atoms with E-state index in [2.05, 4.69) is 10.6 Å². The number of nitrogens with one attached hydrogen (secondary N) is 2. The van der Waals surface area contributed by atoms with Crippen LogP contribution in [0.15, 0.2) is 18.2 Å². The first-order valence-corrected chi connectivity index (χ1v) is 6.90. The van der Waals surface area contributed by atoms with E-state index in [4.69, 9.17) is 4.74 Å². The molecule has 0 aromatic heterocycles. The fraction of sp³-hybridized carbons (Fsp3) is 0.500. The summed E-state index contributed by atoms with van der Waals surface area (Å²) in [5.41, 5.74) is 1.40. The summed E-state index contributed by atoms with van der Waals surface area (Å²) < 4.78 is 5.46. The predicted octanol–water partition coefficient (Wildman–Crippen LogP) is 0.898. The van der Waals surface area contributed by atoms with Crippen LogP contribution in [0, 0.1) is 17.0 Å². The molecule has 1 amide bonds. The van der Waals surface area contributed by atoms with Gasteiger partial charge in [-0.05, 0) is 12.5 Å². The topological polar surface area (TPSA) is 93.5 Å². The van der Waals surface area contributed by atoms with Gasteiger partial charge in [0.1, 0.15) is 0 Å². The van der Waals surface area contributed by atoms with Crippen LogP contribution in [0.2, 0.25) is 0 Å². The molecule has 1 aliphatic heterocycles. The van der Waals surface area contributed by atoms with Crippen LogP contribution in [0.25, 0.3) is 0 Å². The van der Waals surface area contributed by atoms with Gasteiger partial charge in [0.25, 0.3) is 5.69 Å². The molecule has 1 unspecified atom stereocenters. The lowest BCUT2D eigenvalue weighted by Gasteiger charge is -2.23. The molecule has 0 radical (unpaired) electrons. The van der Waals surface area contributed by atoms with Crippen molar-refractivity contribution in [1.29, 1.82) is 0 Å². The Morgan fingerprint density at radius 1 is 1.57 bits per heavy atom. The van der Waals surface area contributed by atoms with Crippen LogP contribution in [0.4, 0.5) is 5.69 Å². The van der Waals surface area contributed by atoms with Gasteiger partial charge < -0.3 is 15.4 Å². The maximum atomic E-state index is 11.9. The Balaban J connectivity index is 1.89. The number of rotatable bonds is 5. The van der Waals surface area contributed by atoms with Gasteiger partial charge in [0.05, 0.1) is 24.1 Å². The van der Waals surface area contributed by atoms with Gasteiger partial charge in [-0.2, -0.15) is 0 Å². The summed E-state index contributed by atoms with van der Waals surface area (Å²) in [7, 11) is 0. The lowest BCUT2D eigenvalue weighted by Crippen LogP contribution is -2.41. The molecule has 0 bridgehead atoms. The van der Waals surface area contributed by atoms with Crippen molar-refractivity contribution >= 4 is 11.6 Å². The van der Waals surface area contributed by atoms with E-state index in [0.29, 0.717) is 25.1 Å². The van der Waals surface area contributed by atoms with Crippen molar-refractivity contribution in [2.24, 2.45) is 0 Å². The van der Waals surface area contributed by atoms with Crippen LogP contribution >= 0.6 is 0 Å². The van der Waals surface area contributed by atoms with Crippen molar-refractivity contribution in [2.75, 3.05) is 19.7 Å². The Morgan fingerprint density at radius 3 is 3.05 bits per heavy atom. The monoisotopic (exact) mass is 293 g/mol. The molecule has 0 saturated carbocycles. The van der Waals surface area contributed by atoms with E-state index in [-0.39, 0.29) is 24.2 Å². The first-order valence-electron chi connectivity index (χ1n) is 6.90. The number of hydrogen-bond acceptors (Lipinski definition) is 5. The van der Waals surface area contributed by atoms with Gasteiger partial charge in [0.2, 0.25) is 5.91 Å². The molecule has 1 aromatic carbocycles. The van der Waals surface area contributed by atoms with Gasteiger partial charge in [0, 0.05) is 31.3 Å². The summed E-state index contributed by atoms with van der Waals surface area (Å²) in [5, 5.41) is 16.8. The van der Waals surface area contributed by atoms with E-state index < -0.39 is 4.92 Å². The number of ether oxygens (including phenoxy) is 1. The Bertz CT molecular complexity index is 527. The standard InChI is InChI=1S/C14H19N3O4/c1-10-11(3-2-4-13(10)17(19)20)8-16-14(18)7-12-9-15-5-6-21-12/h2-4,12,15H,5-9H2,1H3,(H,16,18). The van der Waals surface area contributed by atoms with Gasteiger partial charge in [-0.15, -0.1) is 0 Å². The summed E-state index contributed by atoms with van der Waals surface area (Å²) in [6.07, 6.45) is 0.186. The molecule has 114 valence electrons. The van der Waals surface area contributed by atoms with Crippen LogP contribution in [-0.2, 0) is 16.1 Å². The van der Waals surface area contributed by atoms with Crippen molar-refractivity contribution in [3.05, 3.63) is 39.4 Å². The number of carbonyl (C=O) groups excluding carboxylic acids is 1. The van der Waals surface area contributed by atoms with E-state index in [9.17, 15) is 14.9 Å². The van der Waals surface area contributed by atoms with E-state index in [0.717, 1.165) is 12.1 Å². The average Bonchev–Trinajstić information content (AvgIpc) is 2.47. The molecule has 2 N–H and O–H groups in total. The maximum Gasteiger partial charge on any atom is 0.272 e. The highest BCUT2D eigenvalue weighted by molar-refractivity contribution is 5.76. The van der Waals surface area contributed by atoms with E-state index in [1.807, 2.05) is 0 Å². The van der Waals surface area contributed by atoms with Crippen molar-refractivity contribution in [3.63, 3.8) is 0 Å². The fourth-order valence-electron chi connectivity index (χ4n) is 2.28. The van der Waals surface area contributed by atoms with Crippen LogP contribution in [0.3, 0.4) is 0 Å². The van der Waals surface area contributed by atoms with Gasteiger partial charge in [-0.25, -0.2) is 0 Å². The predicted molar refractivity (Wildman–Crippen MR) is 76.9 cm³/mol. The number of amides is 1. The largest absolute Gasteiger partial charge is 0.375 e. The Kier molecular flexibility index (Phi) is 5.24. The van der Waals surface area contributed by atoms with Gasteiger partial charge in [0.15, 0.2) is 0 Å². The zero-order chi connectivity index (χ0) is 15.2. The molecule has 1 aromatic rings. The van der Waals surface area contributed by atoms with Crippen LogP contribution in [-0.4, -0.2) is 36.6 Å². The molecule has 1 saturated heterocycles. The smallest absolute Gasteiger partial charge is 0.272 e. The summed E-state index contributed by atoms with van der Waals surface area (Å²) in [6.45, 7) is 4.07. The molecular weight excluding hydrogens is 274 g/mol. The Hall–Kier alpha value is -1.99. The van der Waals surface area contributed by atoms with Crippen LogP contribution < -0.4 is 10.6 Å². The number of benzene rings is 1. The van der Waals surface area contributed by atoms with Gasteiger partial charge in [-0.1, -0.05) is 12.1 Å². The minimum atomic E-state index is -0.414. The molecule has 21 heavy (non-hydrogen) atoms. The van der Waals surface area contributed by atoms with Crippen LogP contribution in [0.1, 0.15) is 17.5 Å². The molecule has 0 aliphatic carbocycles. The molecule has 1 heterocycles. The summed E-state index contributed by atoms with van der Waals surface area (Å²) in [5.74, 6) is -0.116. The number of hydrogen-bond donors (Lipinski definition) is 2. The van der Waals surface area contributed by atoms with Crippen molar-refractivity contribution in [3.8, 4) is 0 Å². The quantitative estimate of drug-likeness (QED) is 0.621. The number of nitrogens with zero attached hydrogens (tertiary/aromatic N) is 1. The third-order valence-electron chi connectivity index (χ3n) is 3.51. The number of nitro groups is 1. The Morgan fingerprint density at radius 2 is 2.38 bits per heavy atom. The minimum Gasteiger partial charge on any atom is -0.375 e. The molecule has 1 aliphatic rings. The van der Waals surface area contributed by atoms with Gasteiger partial charge >= 0.3 is 0 Å². The van der Waals surface area contributed by atoms with Gasteiger partial charge in [-0.3, -0.25) is 14.9 Å². The van der Waals surface area contributed by atoms with E-state index in [1.54, 1.807) is 19.1 Å². The maximum absolute atomic E-state index is 11.9. The molecule has 7 nitrogen and oxygen atoms in total. The second-order valence-corrected chi connectivity index (χ2v) is 5.00. The fourth-order valence-corrected chi connectivity index (χ4v) is 2.28. The highest BCUT2D eigenvalue weighted by atomic mass is 16.6.